The van der Waals surface area contributed by atoms with Crippen molar-refractivity contribution < 1.29 is 9.90 Å². The summed E-state index contributed by atoms with van der Waals surface area (Å²) < 4.78 is 0. The van der Waals surface area contributed by atoms with Gasteiger partial charge in [0.05, 0.1) is 6.61 Å². The van der Waals surface area contributed by atoms with Gasteiger partial charge in [0, 0.05) is 18.7 Å². The monoisotopic (exact) mass is 248 g/mol. The van der Waals surface area contributed by atoms with Crippen LogP contribution in [0.2, 0.25) is 0 Å². The molecule has 0 unspecified atom stereocenters. The summed E-state index contributed by atoms with van der Waals surface area (Å²) in [5.41, 5.74) is 1.74. The van der Waals surface area contributed by atoms with Gasteiger partial charge < -0.3 is 4.90 Å². The van der Waals surface area contributed by atoms with Crippen LogP contribution in [0.4, 0.5) is 0 Å². The van der Waals surface area contributed by atoms with E-state index < -0.39 is 0 Å². The molecule has 3 nitrogen and oxygen atoms in total. The average molecular weight is 248 g/mol. The van der Waals surface area contributed by atoms with Crippen molar-refractivity contribution >= 4 is 5.91 Å². The van der Waals surface area contributed by atoms with Crippen LogP contribution in [0.25, 0.3) is 0 Å². The highest BCUT2D eigenvalue weighted by molar-refractivity contribution is 5.95. The summed E-state index contributed by atoms with van der Waals surface area (Å²) in [5, 5.41) is 10.6. The van der Waals surface area contributed by atoms with Crippen molar-refractivity contribution in [1.82, 2.24) is 4.90 Å². The zero-order valence-corrected chi connectivity index (χ0v) is 11.3. The lowest BCUT2D eigenvalue weighted by Gasteiger charge is -2.21. The number of nitrogens with zero attached hydrogens (tertiary/aromatic N) is 1. The SMILES string of the molecule is CCCN(CC)C(=O)c1ccccc1CCC[O]. The molecular weight excluding hydrogens is 226 g/mol. The molecule has 1 amide bonds. The topological polar surface area (TPSA) is 40.2 Å². The second-order valence-electron chi connectivity index (χ2n) is 4.35. The summed E-state index contributed by atoms with van der Waals surface area (Å²) >= 11 is 0. The van der Waals surface area contributed by atoms with E-state index in [0.29, 0.717) is 12.8 Å². The van der Waals surface area contributed by atoms with Crippen molar-refractivity contribution in [2.24, 2.45) is 0 Å². The zero-order valence-electron chi connectivity index (χ0n) is 11.3. The van der Waals surface area contributed by atoms with Gasteiger partial charge in [0.15, 0.2) is 0 Å². The lowest BCUT2D eigenvalue weighted by atomic mass is 10.0. The first kappa shape index (κ1) is 14.7. The third kappa shape index (κ3) is 3.84. The highest BCUT2D eigenvalue weighted by Gasteiger charge is 2.16. The third-order valence-electron chi connectivity index (χ3n) is 3.00. The van der Waals surface area contributed by atoms with Gasteiger partial charge in [0.2, 0.25) is 0 Å². The van der Waals surface area contributed by atoms with Gasteiger partial charge in [-0.2, -0.15) is 0 Å². The van der Waals surface area contributed by atoms with Gasteiger partial charge in [-0.1, -0.05) is 25.1 Å². The van der Waals surface area contributed by atoms with Gasteiger partial charge in [-0.15, -0.1) is 0 Å². The molecule has 3 heteroatoms. The first-order valence-electron chi connectivity index (χ1n) is 6.69. The average Bonchev–Trinajstić information content (AvgIpc) is 2.42. The Labute approximate surface area is 109 Å². The molecule has 0 spiro atoms. The van der Waals surface area contributed by atoms with Gasteiger partial charge in [0.25, 0.3) is 5.91 Å². The number of aryl methyl sites for hydroxylation is 1. The number of benzene rings is 1. The Balaban J connectivity index is 2.89. The van der Waals surface area contributed by atoms with Crippen LogP contribution in [0.1, 0.15) is 42.6 Å². The van der Waals surface area contributed by atoms with Gasteiger partial charge in [-0.05, 0) is 37.8 Å². The van der Waals surface area contributed by atoms with Gasteiger partial charge >= 0.3 is 0 Å². The molecule has 0 atom stereocenters. The van der Waals surface area contributed by atoms with Crippen molar-refractivity contribution in [3.63, 3.8) is 0 Å². The molecule has 99 valence electrons. The van der Waals surface area contributed by atoms with Gasteiger partial charge in [-0.3, -0.25) is 4.79 Å². The van der Waals surface area contributed by atoms with Crippen molar-refractivity contribution in [3.05, 3.63) is 35.4 Å². The molecule has 0 bridgehead atoms. The predicted molar refractivity (Wildman–Crippen MR) is 72.2 cm³/mol. The fourth-order valence-corrected chi connectivity index (χ4v) is 2.05. The quantitative estimate of drug-likeness (QED) is 0.731. The highest BCUT2D eigenvalue weighted by Crippen LogP contribution is 2.14. The van der Waals surface area contributed by atoms with Crippen molar-refractivity contribution in [1.29, 1.82) is 0 Å². The second kappa shape index (κ2) is 7.88. The van der Waals surface area contributed by atoms with Crippen molar-refractivity contribution in [2.75, 3.05) is 19.7 Å². The van der Waals surface area contributed by atoms with E-state index in [2.05, 4.69) is 6.92 Å². The number of carbonyl (C=O) groups excluding carboxylic acids is 1. The Hall–Kier alpha value is -1.35. The minimum Gasteiger partial charge on any atom is -0.339 e. The van der Waals surface area contributed by atoms with Crippen LogP contribution < -0.4 is 0 Å². The maximum atomic E-state index is 12.4. The molecule has 0 N–H and O–H groups in total. The van der Waals surface area contributed by atoms with Crippen molar-refractivity contribution in [2.45, 2.75) is 33.1 Å². The Kier molecular flexibility index (Phi) is 6.44. The lowest BCUT2D eigenvalue weighted by Crippen LogP contribution is -2.32. The number of hydrogen-bond acceptors (Lipinski definition) is 1. The first-order chi connectivity index (χ1) is 8.74. The summed E-state index contributed by atoms with van der Waals surface area (Å²) in [6.45, 7) is 5.48. The molecule has 0 saturated heterocycles. The van der Waals surface area contributed by atoms with Crippen LogP contribution in [0.5, 0.6) is 0 Å². The number of carbonyl (C=O) groups is 1. The maximum absolute atomic E-state index is 12.4. The zero-order chi connectivity index (χ0) is 13.4. The van der Waals surface area contributed by atoms with Crippen LogP contribution in [-0.4, -0.2) is 30.5 Å². The summed E-state index contributed by atoms with van der Waals surface area (Å²) in [4.78, 5) is 14.3. The Bertz CT molecular complexity index is 377. The second-order valence-corrected chi connectivity index (χ2v) is 4.35. The molecule has 1 aromatic carbocycles. The normalized spacial score (nSPS) is 10.4. The molecule has 1 radical (unpaired) electrons. The molecule has 0 aliphatic carbocycles. The van der Waals surface area contributed by atoms with Crippen LogP contribution in [-0.2, 0) is 11.5 Å². The van der Waals surface area contributed by atoms with E-state index in [1.807, 2.05) is 36.1 Å². The largest absolute Gasteiger partial charge is 0.339 e. The predicted octanol–water partition coefficient (Wildman–Crippen LogP) is 2.92. The van der Waals surface area contributed by atoms with E-state index in [1.165, 1.54) is 0 Å². The molecule has 0 aliphatic heterocycles. The summed E-state index contributed by atoms with van der Waals surface area (Å²) in [7, 11) is 0. The Morgan fingerprint density at radius 1 is 1.22 bits per heavy atom. The third-order valence-corrected chi connectivity index (χ3v) is 3.00. The Morgan fingerprint density at radius 3 is 2.56 bits per heavy atom. The van der Waals surface area contributed by atoms with E-state index in [9.17, 15) is 9.90 Å². The lowest BCUT2D eigenvalue weighted by molar-refractivity contribution is 0.0763. The fraction of sp³-hybridized carbons (Fsp3) is 0.533. The van der Waals surface area contributed by atoms with E-state index >= 15 is 0 Å². The smallest absolute Gasteiger partial charge is 0.254 e. The van der Waals surface area contributed by atoms with Gasteiger partial charge in [-0.25, -0.2) is 5.11 Å². The van der Waals surface area contributed by atoms with Crippen LogP contribution in [0, 0.1) is 0 Å². The summed E-state index contributed by atoms with van der Waals surface area (Å²) in [5.74, 6) is 0.0841. The molecule has 0 saturated carbocycles. The van der Waals surface area contributed by atoms with Crippen LogP contribution >= 0.6 is 0 Å². The molecule has 0 heterocycles. The van der Waals surface area contributed by atoms with E-state index in [0.717, 1.165) is 30.6 Å². The number of rotatable bonds is 7. The minimum absolute atomic E-state index is 0.0841. The van der Waals surface area contributed by atoms with Crippen molar-refractivity contribution in [3.8, 4) is 0 Å². The fourth-order valence-electron chi connectivity index (χ4n) is 2.05. The molecule has 1 aromatic rings. The molecule has 0 aromatic heterocycles. The van der Waals surface area contributed by atoms with Gasteiger partial charge in [0.1, 0.15) is 0 Å². The standard InChI is InChI=1S/C15H22NO2/c1-3-11-16(4-2)15(18)14-10-6-5-8-13(14)9-7-12-17/h5-6,8,10H,3-4,7,9,11-12H2,1-2H3. The first-order valence-corrected chi connectivity index (χ1v) is 6.69. The maximum Gasteiger partial charge on any atom is 0.254 e. The highest BCUT2D eigenvalue weighted by atomic mass is 16.2. The minimum atomic E-state index is -0.0883. The number of hydrogen-bond donors (Lipinski definition) is 0. The van der Waals surface area contributed by atoms with Crippen LogP contribution in [0.15, 0.2) is 24.3 Å². The molecule has 1 rings (SSSR count). The van der Waals surface area contributed by atoms with Crippen LogP contribution in [0.3, 0.4) is 0 Å². The van der Waals surface area contributed by atoms with E-state index in [4.69, 9.17) is 0 Å². The molecule has 0 fully saturated rings. The summed E-state index contributed by atoms with van der Waals surface area (Å²) in [6.07, 6.45) is 2.24. The Morgan fingerprint density at radius 2 is 1.94 bits per heavy atom. The number of amides is 1. The molecule has 18 heavy (non-hydrogen) atoms. The summed E-state index contributed by atoms with van der Waals surface area (Å²) in [6, 6.07) is 7.62. The van der Waals surface area contributed by atoms with E-state index in [1.54, 1.807) is 0 Å². The molecule has 0 aliphatic rings. The van der Waals surface area contributed by atoms with E-state index in [-0.39, 0.29) is 12.5 Å². The molecular formula is C15H22NO2.